The molecule has 12 N–H and O–H groups in total. The highest BCUT2D eigenvalue weighted by molar-refractivity contribution is 6.05. The lowest BCUT2D eigenvalue weighted by molar-refractivity contribution is -0.121. The zero-order valence-corrected chi connectivity index (χ0v) is 70.3. The number of hydrogen-bond acceptors (Lipinski definition) is 25. The number of carbonyl (C=O) groups is 6. The number of amides is 6. The Bertz CT molecular complexity index is 6770. The van der Waals surface area contributed by atoms with E-state index in [9.17, 15) is 72.9 Å². The van der Waals surface area contributed by atoms with E-state index in [1.807, 2.05) is 194 Å². The Morgan fingerprint density at radius 1 is 0.305 bits per heavy atom. The van der Waals surface area contributed by atoms with Gasteiger partial charge in [-0.1, -0.05) is 194 Å². The summed E-state index contributed by atoms with van der Waals surface area (Å²) in [6.07, 6.45) is 4.17. The van der Waals surface area contributed by atoms with Gasteiger partial charge in [-0.05, 0) is 127 Å². The predicted molar refractivity (Wildman–Crippen MR) is 484 cm³/mol. The Kier molecular flexibility index (Phi) is 34.8. The second-order valence-electron chi connectivity index (χ2n) is 28.3. The van der Waals surface area contributed by atoms with Gasteiger partial charge in [0.1, 0.15) is 64.8 Å². The summed E-state index contributed by atoms with van der Waals surface area (Å²) in [6.45, 7) is 5.18. The first kappa shape index (κ1) is 95.3. The van der Waals surface area contributed by atoms with Crippen molar-refractivity contribution < 1.29 is 90.6 Å². The van der Waals surface area contributed by atoms with Gasteiger partial charge < -0.3 is 93.8 Å². The number of hydrogen-bond donors (Lipinski definition) is 12. The largest absolute Gasteiger partial charge is 0.502 e. The summed E-state index contributed by atoms with van der Waals surface area (Å²) in [5.74, 6) is -4.24. The highest BCUT2D eigenvalue weighted by Gasteiger charge is 2.22. The van der Waals surface area contributed by atoms with E-state index in [1.165, 1.54) is 13.8 Å². The van der Waals surface area contributed by atoms with Crippen LogP contribution in [-0.4, -0.2) is 66.1 Å². The van der Waals surface area contributed by atoms with Crippen LogP contribution in [0, 0.1) is 20.8 Å². The fourth-order valence-corrected chi connectivity index (χ4v) is 11.6. The summed E-state index contributed by atoms with van der Waals surface area (Å²) in [5.41, 5.74) is 5.15. The quantitative estimate of drug-likeness (QED) is 0.0283. The minimum Gasteiger partial charge on any atom is -0.502 e. The maximum absolute atomic E-state index is 12.2. The molecule has 0 atom stereocenters. The van der Waals surface area contributed by atoms with Gasteiger partial charge in [0.25, 0.3) is 23.6 Å². The fourth-order valence-electron chi connectivity index (χ4n) is 11.6. The van der Waals surface area contributed by atoms with Crippen molar-refractivity contribution in [1.82, 2.24) is 21.3 Å². The van der Waals surface area contributed by atoms with Gasteiger partial charge in [0.05, 0.1) is 26.1 Å². The average Bonchev–Trinajstić information content (AvgIpc) is 0.816. The zero-order chi connectivity index (χ0) is 93.7. The molecule has 0 bridgehead atoms. The summed E-state index contributed by atoms with van der Waals surface area (Å²) in [4.78, 5) is 140. The number of nitrogens with one attached hydrogen (secondary N) is 6. The molecule has 0 saturated heterocycles. The number of ether oxygens (including phenoxy) is 1. The molecule has 6 amide bonds. The van der Waals surface area contributed by atoms with Crippen molar-refractivity contribution >= 4 is 46.8 Å². The number of aromatic hydroxyl groups is 6. The third kappa shape index (κ3) is 30.2. The van der Waals surface area contributed by atoms with Crippen LogP contribution in [0.3, 0.4) is 0 Å². The van der Waals surface area contributed by atoms with Crippen LogP contribution in [0.1, 0.15) is 99.7 Å². The molecule has 15 aromatic rings. The number of para-hydroxylation sites is 1. The standard InChI is InChI=1S/C20H17NO4.C19H15NO5.C19H15NO4.C15H15NO4.C14H13NO4.C13H11NO4/c1-13-11-17(22)18(23)19(25-13)20(24)21-12-14-7-9-16(10-8-14)15-5-3-2-4-6-15;1-12-11-16(21)17(22)18(24-12)19(23)20-13-7-9-15(10-8-13)25-14-5-3-2-4-6-14;1-12-11-16(21)17(22)18(24-12)19(23)20-15-9-7-14(8-10-15)13-5-3-2-4-6-13;17-13-8-12(20-10-14(13)18)9-16-15(19)7-6-11-4-2-1-3-5-11;16-12-7-11(19-9-13(12)17)8-15-14(18)6-10-4-2-1-3-5-10;15-11-6-10(18-8-12(11)16)7-14-13(17)9-4-2-1-3-5-9/h2-11,23H,12H2,1H3,(H,21,24);2-11,22H,1H3,(H,20,23);2-11,22H,1H3,(H,20,23);1-5,8,10,18H,6-7,9H2,(H,16,19);1-5,7,9,17H,6,8H2,(H,15,18);1-6,8,16H,7H2,(H,14,17). The Labute approximate surface area is 745 Å². The Balaban J connectivity index is 0.000000164. The SMILES string of the molecule is Cc1cc(=O)c(O)c(C(=O)NCc2ccc(-c3ccccc3)cc2)o1.Cc1cc(=O)c(O)c(C(=O)Nc2ccc(-c3ccccc3)cc2)o1.Cc1cc(=O)c(O)c(C(=O)Nc2ccc(Oc3ccccc3)cc2)o1.O=C(CCc1ccccc1)NCc1cc(=O)c(O)co1.O=C(Cc1ccccc1)NCc1cc(=O)c(O)co1.O=C(NCc1cc(=O)c(O)co1)c1ccccc1. The maximum Gasteiger partial charge on any atom is 0.295 e. The second kappa shape index (κ2) is 47.8. The topological polar surface area (TPSA) is 486 Å². The van der Waals surface area contributed by atoms with Gasteiger partial charge in [-0.3, -0.25) is 57.5 Å². The first-order valence-electron chi connectivity index (χ1n) is 40.0. The van der Waals surface area contributed by atoms with Crippen molar-refractivity contribution in [3.8, 4) is 68.2 Å². The smallest absolute Gasteiger partial charge is 0.295 e. The molecule has 0 spiro atoms. The van der Waals surface area contributed by atoms with Crippen LogP contribution in [0.15, 0.2) is 365 Å². The number of benzene rings is 9. The van der Waals surface area contributed by atoms with Gasteiger partial charge in [-0.15, -0.1) is 0 Å². The van der Waals surface area contributed by atoms with Crippen molar-refractivity contribution in [2.24, 2.45) is 0 Å². The second-order valence-corrected chi connectivity index (χ2v) is 28.3. The Hall–Kier alpha value is -17.9. The minimum atomic E-state index is -0.716. The van der Waals surface area contributed by atoms with Gasteiger partial charge in [-0.25, -0.2) is 0 Å². The molecule has 9 aromatic carbocycles. The Morgan fingerprint density at radius 2 is 0.634 bits per heavy atom. The predicted octanol–water partition coefficient (Wildman–Crippen LogP) is 14.6. The lowest BCUT2D eigenvalue weighted by Gasteiger charge is -2.08. The van der Waals surface area contributed by atoms with Gasteiger partial charge in [0.15, 0.2) is 17.2 Å². The van der Waals surface area contributed by atoms with Crippen molar-refractivity contribution in [1.29, 1.82) is 0 Å². The molecule has 131 heavy (non-hydrogen) atoms. The van der Waals surface area contributed by atoms with Crippen molar-refractivity contribution in [2.75, 3.05) is 10.6 Å². The molecule has 0 aliphatic heterocycles. The molecule has 0 saturated carbocycles. The summed E-state index contributed by atoms with van der Waals surface area (Å²) in [7, 11) is 0. The molecule has 666 valence electrons. The first-order valence-corrected chi connectivity index (χ1v) is 40.0. The molecule has 6 aromatic heterocycles. The van der Waals surface area contributed by atoms with Crippen LogP contribution in [0.2, 0.25) is 0 Å². The van der Waals surface area contributed by atoms with Gasteiger partial charge in [-0.2, -0.15) is 0 Å². The summed E-state index contributed by atoms with van der Waals surface area (Å²) in [6, 6.07) is 85.3. The highest BCUT2D eigenvalue weighted by Crippen LogP contribution is 2.27. The van der Waals surface area contributed by atoms with Crippen molar-refractivity contribution in [2.45, 2.75) is 66.2 Å². The lowest BCUT2D eigenvalue weighted by atomic mass is 10.0. The minimum absolute atomic E-state index is 0.0866. The maximum atomic E-state index is 12.2. The lowest BCUT2D eigenvalue weighted by Crippen LogP contribution is -2.24. The molecular formula is C100H86N6O25. The molecule has 31 nitrogen and oxygen atoms in total. The van der Waals surface area contributed by atoms with E-state index in [0.29, 0.717) is 52.8 Å². The first-order chi connectivity index (χ1) is 63.1. The van der Waals surface area contributed by atoms with Crippen LogP contribution in [0.4, 0.5) is 11.4 Å². The van der Waals surface area contributed by atoms with Crippen LogP contribution in [-0.2, 0) is 48.6 Å². The zero-order valence-electron chi connectivity index (χ0n) is 70.3. The fraction of sp³-hybridized carbons (Fsp3) is 0.100. The van der Waals surface area contributed by atoms with Crippen LogP contribution >= 0.6 is 0 Å². The molecule has 0 aliphatic rings. The van der Waals surface area contributed by atoms with Gasteiger partial charge >= 0.3 is 0 Å². The summed E-state index contributed by atoms with van der Waals surface area (Å²) >= 11 is 0. The van der Waals surface area contributed by atoms with E-state index >= 15 is 0 Å². The average molecular weight is 1770 g/mol. The summed E-state index contributed by atoms with van der Waals surface area (Å²) in [5, 5.41) is 71.8. The Morgan fingerprint density at radius 3 is 1.05 bits per heavy atom. The molecular weight excluding hydrogens is 1690 g/mol. The molecule has 0 unspecified atom stereocenters. The number of aryl methyl sites for hydroxylation is 4. The van der Waals surface area contributed by atoms with E-state index in [0.717, 1.165) is 94.1 Å². The van der Waals surface area contributed by atoms with Crippen LogP contribution in [0.25, 0.3) is 22.3 Å². The van der Waals surface area contributed by atoms with Crippen LogP contribution in [0.5, 0.6) is 46.0 Å². The molecule has 15 rings (SSSR count). The molecule has 31 heteroatoms. The van der Waals surface area contributed by atoms with Crippen LogP contribution < -0.4 is 69.2 Å². The van der Waals surface area contributed by atoms with E-state index < -0.39 is 96.3 Å². The molecule has 0 aliphatic carbocycles. The number of rotatable bonds is 23. The third-order valence-corrected chi connectivity index (χ3v) is 18.3. The van der Waals surface area contributed by atoms with E-state index in [1.54, 1.807) is 67.6 Å². The monoisotopic (exact) mass is 1770 g/mol. The van der Waals surface area contributed by atoms with Gasteiger partial charge in [0.2, 0.25) is 78.9 Å². The normalized spacial score (nSPS) is 10.3. The number of anilines is 2. The highest BCUT2D eigenvalue weighted by atomic mass is 16.5. The summed E-state index contributed by atoms with van der Waals surface area (Å²) < 4.78 is 36.0. The van der Waals surface area contributed by atoms with E-state index in [2.05, 4.69) is 31.9 Å². The van der Waals surface area contributed by atoms with Crippen molar-refractivity contribution in [3.05, 3.63) is 445 Å². The molecule has 0 fully saturated rings. The molecule has 0 radical (unpaired) electrons. The van der Waals surface area contributed by atoms with E-state index in [-0.39, 0.29) is 79.1 Å². The molecule has 6 heterocycles. The number of carbonyl (C=O) groups excluding carboxylic acids is 6. The third-order valence-electron chi connectivity index (χ3n) is 18.3. The van der Waals surface area contributed by atoms with E-state index in [4.69, 9.17) is 46.6 Å². The van der Waals surface area contributed by atoms with Gasteiger partial charge in [0, 0.05) is 66.3 Å². The van der Waals surface area contributed by atoms with Crippen molar-refractivity contribution in [3.63, 3.8) is 0 Å².